The molecule has 0 saturated heterocycles. The number of amides is 1. The fourth-order valence-electron chi connectivity index (χ4n) is 3.23. The number of aromatic carboxylic acids is 1. The van der Waals surface area contributed by atoms with Crippen LogP contribution in [0.1, 0.15) is 15.9 Å². The number of hydrogen-bond donors (Lipinski definition) is 2. The minimum Gasteiger partial charge on any atom is -0.497 e. The van der Waals surface area contributed by atoms with Crippen LogP contribution in [-0.4, -0.2) is 46.2 Å². The molecule has 10 heteroatoms. The molecule has 0 aromatic heterocycles. The normalized spacial score (nSPS) is 10.9. The Bertz CT molecular complexity index is 1310. The lowest BCUT2D eigenvalue weighted by atomic mass is 10.2. The predicted octanol–water partition coefficient (Wildman–Crippen LogP) is 3.54. The van der Waals surface area contributed by atoms with Crippen molar-refractivity contribution in [1.82, 2.24) is 0 Å². The first-order chi connectivity index (χ1) is 16.2. The van der Waals surface area contributed by atoms with Gasteiger partial charge in [-0.1, -0.05) is 29.8 Å². The van der Waals surface area contributed by atoms with E-state index in [0.717, 1.165) is 9.87 Å². The van der Waals surface area contributed by atoms with Crippen LogP contribution in [0, 0.1) is 6.92 Å². The zero-order valence-corrected chi connectivity index (χ0v) is 19.6. The number of nitrogens with zero attached hydrogens (tertiary/aromatic N) is 1. The Morgan fingerprint density at radius 2 is 1.65 bits per heavy atom. The summed E-state index contributed by atoms with van der Waals surface area (Å²) >= 11 is 0. The summed E-state index contributed by atoms with van der Waals surface area (Å²) in [6.45, 7) is 1.18. The van der Waals surface area contributed by atoms with Crippen LogP contribution in [0.5, 0.6) is 11.5 Å². The quantitative estimate of drug-likeness (QED) is 0.476. The molecule has 3 aromatic carbocycles. The fraction of sp³-hybridized carbons (Fsp3) is 0.167. The van der Waals surface area contributed by atoms with E-state index in [1.807, 2.05) is 6.92 Å². The Kier molecular flexibility index (Phi) is 7.42. The van der Waals surface area contributed by atoms with Crippen LogP contribution in [0.3, 0.4) is 0 Å². The fourth-order valence-corrected chi connectivity index (χ4v) is 4.65. The Hall–Kier alpha value is -4.05. The summed E-state index contributed by atoms with van der Waals surface area (Å²) in [5.74, 6) is -1.41. The second-order valence-electron chi connectivity index (χ2n) is 7.26. The summed E-state index contributed by atoms with van der Waals surface area (Å²) in [5, 5.41) is 11.9. The van der Waals surface area contributed by atoms with Gasteiger partial charge in [-0.25, -0.2) is 13.2 Å². The Balaban J connectivity index is 2.07. The molecule has 0 aliphatic carbocycles. The van der Waals surface area contributed by atoms with Crippen LogP contribution in [0.25, 0.3) is 0 Å². The van der Waals surface area contributed by atoms with Crippen molar-refractivity contribution < 1.29 is 32.6 Å². The second-order valence-corrected chi connectivity index (χ2v) is 9.12. The monoisotopic (exact) mass is 484 g/mol. The first kappa shape index (κ1) is 24.6. The third-order valence-corrected chi connectivity index (χ3v) is 6.76. The van der Waals surface area contributed by atoms with Crippen LogP contribution < -0.4 is 19.1 Å². The summed E-state index contributed by atoms with van der Waals surface area (Å²) in [4.78, 5) is 24.4. The van der Waals surface area contributed by atoms with Crippen molar-refractivity contribution in [3.63, 3.8) is 0 Å². The van der Waals surface area contributed by atoms with Gasteiger partial charge in [0.05, 0.1) is 36.1 Å². The number of carbonyl (C=O) groups excluding carboxylic acids is 1. The number of aryl methyl sites for hydroxylation is 1. The number of hydrogen-bond acceptors (Lipinski definition) is 6. The number of sulfonamides is 1. The number of ether oxygens (including phenoxy) is 2. The molecule has 0 aliphatic rings. The van der Waals surface area contributed by atoms with Gasteiger partial charge in [0.15, 0.2) is 0 Å². The first-order valence-corrected chi connectivity index (χ1v) is 11.5. The van der Waals surface area contributed by atoms with Crippen molar-refractivity contribution >= 4 is 33.3 Å². The molecule has 0 atom stereocenters. The molecule has 3 aromatic rings. The van der Waals surface area contributed by atoms with Crippen molar-refractivity contribution in [2.24, 2.45) is 0 Å². The van der Waals surface area contributed by atoms with Crippen molar-refractivity contribution in [1.29, 1.82) is 0 Å². The Morgan fingerprint density at radius 3 is 2.26 bits per heavy atom. The number of rotatable bonds is 9. The molecule has 1 amide bonds. The summed E-state index contributed by atoms with van der Waals surface area (Å²) < 4.78 is 38.8. The highest BCUT2D eigenvalue weighted by Gasteiger charge is 2.30. The molecule has 0 aliphatic heterocycles. The number of methoxy groups -OCH3 is 2. The maximum absolute atomic E-state index is 13.6. The molecule has 2 N–H and O–H groups in total. The van der Waals surface area contributed by atoms with E-state index in [1.165, 1.54) is 56.7 Å². The number of carbonyl (C=O) groups is 2. The molecule has 3 rings (SSSR count). The standard InChI is InChI=1S/C24H24N2O7S/c1-16-8-11-18(12-9-16)34(30,31)26(21-14-17(32-2)10-13-22(21)33-3)15-23(27)25-20-7-5-4-6-19(20)24(28)29/h4-14H,15H2,1-3H3,(H,25,27)(H,28,29). The third-order valence-electron chi connectivity index (χ3n) is 4.98. The molecule has 0 bridgehead atoms. The van der Waals surface area contributed by atoms with Crippen molar-refractivity contribution in [3.8, 4) is 11.5 Å². The average Bonchev–Trinajstić information content (AvgIpc) is 2.82. The third kappa shape index (κ3) is 5.29. The van der Waals surface area contributed by atoms with Gasteiger partial charge in [0, 0.05) is 6.07 Å². The SMILES string of the molecule is COc1ccc(OC)c(N(CC(=O)Nc2ccccc2C(=O)O)S(=O)(=O)c2ccc(C)cc2)c1. The smallest absolute Gasteiger partial charge is 0.337 e. The highest BCUT2D eigenvalue weighted by atomic mass is 32.2. The summed E-state index contributed by atoms with van der Waals surface area (Å²) in [6.07, 6.45) is 0. The Morgan fingerprint density at radius 1 is 0.971 bits per heavy atom. The van der Waals surface area contributed by atoms with E-state index in [1.54, 1.807) is 24.3 Å². The highest BCUT2D eigenvalue weighted by Crippen LogP contribution is 2.35. The molecule has 34 heavy (non-hydrogen) atoms. The van der Waals surface area contributed by atoms with Gasteiger partial charge in [-0.3, -0.25) is 9.10 Å². The molecule has 0 radical (unpaired) electrons. The van der Waals surface area contributed by atoms with E-state index in [4.69, 9.17) is 9.47 Å². The largest absolute Gasteiger partial charge is 0.497 e. The topological polar surface area (TPSA) is 122 Å². The number of nitrogens with one attached hydrogen (secondary N) is 1. The molecule has 0 heterocycles. The van der Waals surface area contributed by atoms with Gasteiger partial charge in [0.25, 0.3) is 10.0 Å². The van der Waals surface area contributed by atoms with Crippen molar-refractivity contribution in [2.45, 2.75) is 11.8 Å². The van der Waals surface area contributed by atoms with E-state index in [2.05, 4.69) is 5.32 Å². The van der Waals surface area contributed by atoms with Crippen LogP contribution in [0.4, 0.5) is 11.4 Å². The van der Waals surface area contributed by atoms with Crippen LogP contribution in [-0.2, 0) is 14.8 Å². The number of carboxylic acid groups (broad SMARTS) is 1. The second kappa shape index (κ2) is 10.3. The molecular formula is C24H24N2O7S. The van der Waals surface area contributed by atoms with Crippen LogP contribution >= 0.6 is 0 Å². The average molecular weight is 485 g/mol. The van der Waals surface area contributed by atoms with Gasteiger partial charge in [-0.2, -0.15) is 0 Å². The molecule has 0 saturated carbocycles. The van der Waals surface area contributed by atoms with Gasteiger partial charge >= 0.3 is 5.97 Å². The molecule has 9 nitrogen and oxygen atoms in total. The first-order valence-electron chi connectivity index (χ1n) is 10.1. The Labute approximate surface area is 197 Å². The van der Waals surface area contributed by atoms with E-state index >= 15 is 0 Å². The van der Waals surface area contributed by atoms with Crippen molar-refractivity contribution in [2.75, 3.05) is 30.4 Å². The van der Waals surface area contributed by atoms with E-state index < -0.39 is 28.4 Å². The number of benzene rings is 3. The lowest BCUT2D eigenvalue weighted by Gasteiger charge is -2.26. The number of para-hydroxylation sites is 1. The molecule has 0 spiro atoms. The maximum Gasteiger partial charge on any atom is 0.337 e. The van der Waals surface area contributed by atoms with E-state index in [-0.39, 0.29) is 27.6 Å². The van der Waals surface area contributed by atoms with Gasteiger partial charge in [0.1, 0.15) is 18.0 Å². The molecule has 178 valence electrons. The number of carboxylic acids is 1. The molecule has 0 fully saturated rings. The van der Waals surface area contributed by atoms with Gasteiger partial charge < -0.3 is 19.9 Å². The zero-order chi connectivity index (χ0) is 24.9. The van der Waals surface area contributed by atoms with E-state index in [9.17, 15) is 23.1 Å². The lowest BCUT2D eigenvalue weighted by Crippen LogP contribution is -2.38. The van der Waals surface area contributed by atoms with E-state index in [0.29, 0.717) is 5.75 Å². The van der Waals surface area contributed by atoms with Crippen LogP contribution in [0.15, 0.2) is 71.6 Å². The predicted molar refractivity (Wildman–Crippen MR) is 127 cm³/mol. The molecule has 0 unspecified atom stereocenters. The minimum absolute atomic E-state index is 0.0262. The minimum atomic E-state index is -4.22. The van der Waals surface area contributed by atoms with Gasteiger partial charge in [-0.15, -0.1) is 0 Å². The molecular weight excluding hydrogens is 460 g/mol. The maximum atomic E-state index is 13.6. The van der Waals surface area contributed by atoms with Gasteiger partial charge in [-0.05, 0) is 43.3 Å². The zero-order valence-electron chi connectivity index (χ0n) is 18.8. The summed E-state index contributed by atoms with van der Waals surface area (Å²) in [6, 6.07) is 16.6. The van der Waals surface area contributed by atoms with Crippen molar-refractivity contribution in [3.05, 3.63) is 77.9 Å². The summed E-state index contributed by atoms with van der Waals surface area (Å²) in [5.41, 5.74) is 0.879. The van der Waals surface area contributed by atoms with Crippen LogP contribution in [0.2, 0.25) is 0 Å². The summed E-state index contributed by atoms with van der Waals surface area (Å²) in [7, 11) is -1.41. The number of anilines is 2. The highest BCUT2D eigenvalue weighted by molar-refractivity contribution is 7.92. The van der Waals surface area contributed by atoms with Gasteiger partial charge in [0.2, 0.25) is 5.91 Å². The lowest BCUT2D eigenvalue weighted by molar-refractivity contribution is -0.114.